The summed E-state index contributed by atoms with van der Waals surface area (Å²) < 4.78 is 24.8. The van der Waals surface area contributed by atoms with Gasteiger partial charge in [-0.25, -0.2) is 8.42 Å². The summed E-state index contributed by atoms with van der Waals surface area (Å²) >= 11 is 0. The molecule has 2 N–H and O–H groups in total. The van der Waals surface area contributed by atoms with Crippen LogP contribution in [0.15, 0.2) is 0 Å². The monoisotopic (exact) mass is 253 g/mol. The van der Waals surface area contributed by atoms with E-state index in [2.05, 4.69) is 6.07 Å². The molecule has 2 heterocycles. The van der Waals surface area contributed by atoms with E-state index in [4.69, 9.17) is 11.0 Å². The molecule has 1 aromatic rings. The molecule has 0 aliphatic carbocycles. The van der Waals surface area contributed by atoms with Gasteiger partial charge < -0.3 is 10.3 Å². The second kappa shape index (κ2) is 3.77. The van der Waals surface area contributed by atoms with Gasteiger partial charge in [0, 0.05) is 5.69 Å². The summed E-state index contributed by atoms with van der Waals surface area (Å²) in [6.07, 6.45) is 0.576. The third-order valence-corrected chi connectivity index (χ3v) is 5.23. The zero-order valence-electron chi connectivity index (χ0n) is 9.90. The molecule has 5 nitrogen and oxygen atoms in total. The highest BCUT2D eigenvalue weighted by atomic mass is 32.2. The molecule has 0 spiro atoms. The van der Waals surface area contributed by atoms with Crippen LogP contribution >= 0.6 is 0 Å². The Morgan fingerprint density at radius 3 is 2.53 bits per heavy atom. The minimum Gasteiger partial charge on any atom is -0.384 e. The van der Waals surface area contributed by atoms with Crippen LogP contribution in [0.2, 0.25) is 0 Å². The Kier molecular flexibility index (Phi) is 2.66. The van der Waals surface area contributed by atoms with Gasteiger partial charge in [-0.1, -0.05) is 0 Å². The summed E-state index contributed by atoms with van der Waals surface area (Å²) in [6.45, 7) is 3.71. The van der Waals surface area contributed by atoms with Crippen LogP contribution in [0.1, 0.15) is 29.3 Å². The number of nitrogens with zero attached hydrogens (tertiary/aromatic N) is 2. The topological polar surface area (TPSA) is 88.9 Å². The summed E-state index contributed by atoms with van der Waals surface area (Å²) in [4.78, 5) is 0. The van der Waals surface area contributed by atoms with Gasteiger partial charge in [-0.05, 0) is 25.8 Å². The average Bonchev–Trinajstić information content (AvgIpc) is 2.68. The summed E-state index contributed by atoms with van der Waals surface area (Å²) in [5.74, 6) is 0.719. The predicted molar refractivity (Wildman–Crippen MR) is 65.3 cm³/mol. The quantitative estimate of drug-likeness (QED) is 0.806. The first-order valence-corrected chi connectivity index (χ1v) is 7.27. The Morgan fingerprint density at radius 2 is 2.12 bits per heavy atom. The average molecular weight is 253 g/mol. The highest BCUT2D eigenvalue weighted by Crippen LogP contribution is 2.32. The minimum atomic E-state index is -2.95. The molecule has 1 aliphatic rings. The summed E-state index contributed by atoms with van der Waals surface area (Å²) in [5.41, 5.74) is 8.13. The van der Waals surface area contributed by atoms with Crippen LogP contribution in [0.5, 0.6) is 0 Å². The van der Waals surface area contributed by atoms with Gasteiger partial charge in [0.05, 0.1) is 23.1 Å². The Hall–Kier alpha value is -1.48. The zero-order valence-corrected chi connectivity index (χ0v) is 10.7. The number of aromatic nitrogens is 1. The van der Waals surface area contributed by atoms with Gasteiger partial charge in [0.1, 0.15) is 11.9 Å². The molecule has 1 saturated heterocycles. The first-order valence-electron chi connectivity index (χ1n) is 5.44. The molecule has 2 rings (SSSR count). The van der Waals surface area contributed by atoms with Gasteiger partial charge in [0.25, 0.3) is 0 Å². The maximum Gasteiger partial charge on any atom is 0.152 e. The molecular weight excluding hydrogens is 238 g/mol. The van der Waals surface area contributed by atoms with Crippen molar-refractivity contribution in [3.8, 4) is 6.07 Å². The summed E-state index contributed by atoms with van der Waals surface area (Å²) in [6, 6.07) is 1.95. The molecule has 92 valence electrons. The van der Waals surface area contributed by atoms with E-state index in [-0.39, 0.29) is 17.5 Å². The third kappa shape index (κ3) is 1.80. The van der Waals surface area contributed by atoms with Crippen LogP contribution < -0.4 is 5.73 Å². The molecule has 1 aromatic heterocycles. The van der Waals surface area contributed by atoms with E-state index in [1.54, 1.807) is 4.57 Å². The fraction of sp³-hybridized carbons (Fsp3) is 0.545. The molecule has 1 aliphatic heterocycles. The Morgan fingerprint density at radius 1 is 1.47 bits per heavy atom. The zero-order chi connectivity index (χ0) is 12.8. The Labute approximate surface area is 101 Å². The van der Waals surface area contributed by atoms with Crippen LogP contribution in [0, 0.1) is 25.2 Å². The van der Waals surface area contributed by atoms with Gasteiger partial charge in [-0.2, -0.15) is 5.26 Å². The van der Waals surface area contributed by atoms with Crippen molar-refractivity contribution in [3.63, 3.8) is 0 Å². The highest BCUT2D eigenvalue weighted by Gasteiger charge is 2.32. The van der Waals surface area contributed by atoms with E-state index in [0.29, 0.717) is 17.8 Å². The lowest BCUT2D eigenvalue weighted by Crippen LogP contribution is -2.14. The van der Waals surface area contributed by atoms with Crippen molar-refractivity contribution in [1.82, 2.24) is 4.57 Å². The standard InChI is InChI=1S/C11H15N3O2S/c1-7-8(2)14(11(13)10(7)5-12)9-3-4-17(15,16)6-9/h9H,3-4,6,13H2,1-2H3. The lowest BCUT2D eigenvalue weighted by Gasteiger charge is -2.15. The van der Waals surface area contributed by atoms with Crippen LogP contribution in [0.3, 0.4) is 0 Å². The number of hydrogen-bond donors (Lipinski definition) is 1. The Balaban J connectivity index is 2.52. The normalized spacial score (nSPS) is 22.5. The van der Waals surface area contributed by atoms with E-state index < -0.39 is 9.84 Å². The van der Waals surface area contributed by atoms with Crippen molar-refractivity contribution in [2.24, 2.45) is 0 Å². The van der Waals surface area contributed by atoms with Crippen molar-refractivity contribution >= 4 is 15.7 Å². The number of nitrogens with two attached hydrogens (primary N) is 1. The number of rotatable bonds is 1. The van der Waals surface area contributed by atoms with E-state index in [1.165, 1.54) is 0 Å². The van der Waals surface area contributed by atoms with E-state index >= 15 is 0 Å². The van der Waals surface area contributed by atoms with E-state index in [0.717, 1.165) is 11.3 Å². The summed E-state index contributed by atoms with van der Waals surface area (Å²) in [7, 11) is -2.95. The van der Waals surface area contributed by atoms with Crippen molar-refractivity contribution in [1.29, 1.82) is 5.26 Å². The predicted octanol–water partition coefficient (Wildman–Crippen LogP) is 0.918. The van der Waals surface area contributed by atoms with Gasteiger partial charge in [-0.3, -0.25) is 0 Å². The van der Waals surface area contributed by atoms with Gasteiger partial charge >= 0.3 is 0 Å². The number of nitrogen functional groups attached to an aromatic ring is 1. The van der Waals surface area contributed by atoms with E-state index in [9.17, 15) is 8.42 Å². The van der Waals surface area contributed by atoms with Gasteiger partial charge in [0.2, 0.25) is 0 Å². The second-order valence-corrected chi connectivity index (χ2v) is 6.74. The van der Waals surface area contributed by atoms with Crippen LogP contribution in [-0.4, -0.2) is 24.5 Å². The molecule has 0 radical (unpaired) electrons. The molecule has 0 aromatic carbocycles. The van der Waals surface area contributed by atoms with Crippen molar-refractivity contribution in [2.75, 3.05) is 17.2 Å². The molecule has 6 heteroatoms. The van der Waals surface area contributed by atoms with Crippen LogP contribution in [0.25, 0.3) is 0 Å². The minimum absolute atomic E-state index is 0.122. The maximum absolute atomic E-state index is 11.5. The first kappa shape index (κ1) is 12.0. The molecule has 0 amide bonds. The van der Waals surface area contributed by atoms with Gasteiger partial charge in [0.15, 0.2) is 9.84 Å². The lowest BCUT2D eigenvalue weighted by molar-refractivity contribution is 0.552. The van der Waals surface area contributed by atoms with Crippen molar-refractivity contribution in [2.45, 2.75) is 26.3 Å². The van der Waals surface area contributed by atoms with E-state index in [1.807, 2.05) is 13.8 Å². The number of anilines is 1. The third-order valence-electron chi connectivity index (χ3n) is 3.48. The first-order chi connectivity index (χ1) is 7.87. The van der Waals surface area contributed by atoms with Crippen LogP contribution in [0.4, 0.5) is 5.82 Å². The molecule has 1 atom stereocenters. The van der Waals surface area contributed by atoms with Crippen molar-refractivity contribution < 1.29 is 8.42 Å². The number of sulfone groups is 1. The highest BCUT2D eigenvalue weighted by molar-refractivity contribution is 7.91. The fourth-order valence-corrected chi connectivity index (χ4v) is 4.15. The van der Waals surface area contributed by atoms with Crippen LogP contribution in [-0.2, 0) is 9.84 Å². The molecule has 1 unspecified atom stereocenters. The van der Waals surface area contributed by atoms with Crippen molar-refractivity contribution in [3.05, 3.63) is 16.8 Å². The molecular formula is C11H15N3O2S. The molecule has 17 heavy (non-hydrogen) atoms. The Bertz CT molecular complexity index is 608. The smallest absolute Gasteiger partial charge is 0.152 e. The molecule has 0 saturated carbocycles. The second-order valence-electron chi connectivity index (χ2n) is 4.51. The largest absolute Gasteiger partial charge is 0.384 e. The molecule has 0 bridgehead atoms. The SMILES string of the molecule is Cc1c(C#N)c(N)n(C2CCS(=O)(=O)C2)c1C. The number of hydrogen-bond acceptors (Lipinski definition) is 4. The maximum atomic E-state index is 11.5. The number of nitriles is 1. The summed E-state index contributed by atoms with van der Waals surface area (Å²) in [5, 5.41) is 9.02. The molecule has 1 fully saturated rings. The van der Waals surface area contributed by atoms with Gasteiger partial charge in [-0.15, -0.1) is 0 Å². The fourth-order valence-electron chi connectivity index (χ4n) is 2.45. The lowest BCUT2D eigenvalue weighted by atomic mass is 10.2.